The van der Waals surface area contributed by atoms with E-state index in [-0.39, 0.29) is 0 Å². The van der Waals surface area contributed by atoms with E-state index in [1.165, 1.54) is 5.56 Å². The molecule has 1 aliphatic heterocycles. The first-order valence-corrected chi connectivity index (χ1v) is 9.37. The Bertz CT molecular complexity index is 895. The van der Waals surface area contributed by atoms with Crippen LogP contribution in [0.4, 0.5) is 0 Å². The molecule has 1 fully saturated rings. The van der Waals surface area contributed by atoms with Gasteiger partial charge in [-0.3, -0.25) is 9.88 Å². The summed E-state index contributed by atoms with van der Waals surface area (Å²) in [6.07, 6.45) is 1.79. The molecule has 3 heterocycles. The van der Waals surface area contributed by atoms with Crippen molar-refractivity contribution >= 4 is 38.4 Å². The Hall–Kier alpha value is -1.53. The number of hydrogen-bond donors (Lipinski definition) is 0. The van der Waals surface area contributed by atoms with Crippen molar-refractivity contribution in [2.45, 2.75) is 6.54 Å². The minimum atomic E-state index is 0.693. The minimum Gasteiger partial charge on any atom is -0.379 e. The lowest BCUT2D eigenvalue weighted by Gasteiger charge is -2.27. The zero-order chi connectivity index (χ0) is 17.2. The van der Waals surface area contributed by atoms with Crippen molar-refractivity contribution in [3.8, 4) is 11.4 Å². The van der Waals surface area contributed by atoms with Gasteiger partial charge in [0.25, 0.3) is 0 Å². The predicted octanol–water partition coefficient (Wildman–Crippen LogP) is 4.54. The van der Waals surface area contributed by atoms with E-state index in [4.69, 9.17) is 21.3 Å². The van der Waals surface area contributed by atoms with E-state index in [2.05, 4.69) is 37.9 Å². The van der Waals surface area contributed by atoms with Crippen LogP contribution < -0.4 is 0 Å². The lowest BCUT2D eigenvalue weighted by molar-refractivity contribution is 0.0344. The average molecular weight is 419 g/mol. The maximum absolute atomic E-state index is 6.19. The van der Waals surface area contributed by atoms with Gasteiger partial charge in [0.15, 0.2) is 0 Å². The highest BCUT2D eigenvalue weighted by atomic mass is 79.9. The molecule has 4 nitrogen and oxygen atoms in total. The molecule has 0 unspecified atom stereocenters. The molecule has 0 radical (unpaired) electrons. The molecule has 4 rings (SSSR count). The first-order valence-electron chi connectivity index (χ1n) is 8.20. The van der Waals surface area contributed by atoms with Crippen LogP contribution >= 0.6 is 27.5 Å². The van der Waals surface area contributed by atoms with E-state index in [9.17, 15) is 0 Å². The second kappa shape index (κ2) is 7.38. The predicted molar refractivity (Wildman–Crippen MR) is 104 cm³/mol. The lowest BCUT2D eigenvalue weighted by atomic mass is 10.1. The molecule has 1 saturated heterocycles. The first-order chi connectivity index (χ1) is 12.2. The van der Waals surface area contributed by atoms with Crippen LogP contribution in [0.15, 0.2) is 47.1 Å². The van der Waals surface area contributed by atoms with Crippen molar-refractivity contribution in [3.63, 3.8) is 0 Å². The summed E-state index contributed by atoms with van der Waals surface area (Å²) in [4.78, 5) is 11.7. The zero-order valence-corrected chi connectivity index (χ0v) is 15.9. The fraction of sp³-hybridized carbons (Fsp3) is 0.263. The van der Waals surface area contributed by atoms with Crippen molar-refractivity contribution in [1.82, 2.24) is 14.9 Å². The molecule has 128 valence electrons. The van der Waals surface area contributed by atoms with Gasteiger partial charge in [0.05, 0.1) is 30.1 Å². The summed E-state index contributed by atoms with van der Waals surface area (Å²) < 4.78 is 6.41. The van der Waals surface area contributed by atoms with Crippen molar-refractivity contribution in [2.75, 3.05) is 26.3 Å². The molecule has 0 atom stereocenters. The number of ether oxygens (including phenoxy) is 1. The quantitative estimate of drug-likeness (QED) is 0.626. The van der Waals surface area contributed by atoms with Gasteiger partial charge in [-0.2, -0.15) is 0 Å². The zero-order valence-electron chi connectivity index (χ0n) is 13.6. The molecule has 0 saturated carbocycles. The van der Waals surface area contributed by atoms with Crippen LogP contribution in [-0.2, 0) is 11.3 Å². The van der Waals surface area contributed by atoms with Crippen molar-refractivity contribution in [1.29, 1.82) is 0 Å². The van der Waals surface area contributed by atoms with E-state index >= 15 is 0 Å². The van der Waals surface area contributed by atoms with Crippen molar-refractivity contribution in [3.05, 3.63) is 57.7 Å². The number of aromatic nitrogens is 2. The summed E-state index contributed by atoms with van der Waals surface area (Å²) in [5.74, 6) is 0. The monoisotopic (exact) mass is 417 g/mol. The Kier molecular flexibility index (Phi) is 4.99. The highest BCUT2D eigenvalue weighted by Crippen LogP contribution is 2.27. The van der Waals surface area contributed by atoms with E-state index in [0.717, 1.165) is 59.6 Å². The van der Waals surface area contributed by atoms with E-state index in [1.54, 1.807) is 6.20 Å². The van der Waals surface area contributed by atoms with Gasteiger partial charge in [-0.25, -0.2) is 4.98 Å². The highest BCUT2D eigenvalue weighted by molar-refractivity contribution is 9.10. The Balaban J connectivity index is 1.79. The summed E-state index contributed by atoms with van der Waals surface area (Å²) in [5.41, 5.74) is 3.86. The smallest absolute Gasteiger partial charge is 0.0897 e. The number of rotatable bonds is 3. The summed E-state index contributed by atoms with van der Waals surface area (Å²) in [5, 5.41) is 1.83. The van der Waals surface area contributed by atoms with Crippen LogP contribution in [0.3, 0.4) is 0 Å². The van der Waals surface area contributed by atoms with E-state index < -0.39 is 0 Å². The van der Waals surface area contributed by atoms with Crippen LogP contribution in [0.5, 0.6) is 0 Å². The lowest BCUT2D eigenvalue weighted by Crippen LogP contribution is -2.35. The number of halogens is 2. The molecule has 6 heteroatoms. The number of benzene rings is 1. The molecule has 0 N–H and O–H groups in total. The average Bonchev–Trinajstić information content (AvgIpc) is 2.62. The van der Waals surface area contributed by atoms with Crippen molar-refractivity contribution in [2.24, 2.45) is 0 Å². The highest BCUT2D eigenvalue weighted by Gasteiger charge is 2.15. The van der Waals surface area contributed by atoms with Gasteiger partial charge in [0.1, 0.15) is 0 Å². The Morgan fingerprint density at radius 3 is 2.68 bits per heavy atom. The molecule has 3 aromatic rings. The minimum absolute atomic E-state index is 0.693. The summed E-state index contributed by atoms with van der Waals surface area (Å²) in [7, 11) is 0. The van der Waals surface area contributed by atoms with Gasteiger partial charge < -0.3 is 4.74 Å². The molecule has 0 bridgehead atoms. The number of pyridine rings is 2. The van der Waals surface area contributed by atoms with Gasteiger partial charge in [-0.15, -0.1) is 0 Å². The van der Waals surface area contributed by atoms with Crippen LogP contribution in [0.2, 0.25) is 5.02 Å². The van der Waals surface area contributed by atoms with E-state index in [1.807, 2.05) is 24.3 Å². The maximum atomic E-state index is 6.19. The van der Waals surface area contributed by atoms with Gasteiger partial charge in [0, 0.05) is 40.7 Å². The fourth-order valence-electron chi connectivity index (χ4n) is 3.06. The third kappa shape index (κ3) is 3.85. The van der Waals surface area contributed by atoms with Gasteiger partial charge >= 0.3 is 0 Å². The van der Waals surface area contributed by atoms with Gasteiger partial charge in [-0.05, 0) is 51.8 Å². The third-order valence-electron chi connectivity index (χ3n) is 4.35. The summed E-state index contributed by atoms with van der Waals surface area (Å²) in [6.45, 7) is 4.34. The molecular weight excluding hydrogens is 402 g/mol. The van der Waals surface area contributed by atoms with Crippen LogP contribution in [0, 0.1) is 0 Å². The molecule has 0 amide bonds. The van der Waals surface area contributed by atoms with E-state index in [0.29, 0.717) is 5.02 Å². The standard InChI is InChI=1S/C19H17BrClN3O/c20-14-1-4-17(22-11-14)19-9-13(12-24-5-7-25-8-6-24)16-3-2-15(21)10-18(16)23-19/h1-4,9-11H,5-8,12H2. The molecule has 0 aliphatic carbocycles. The molecule has 1 aliphatic rings. The number of nitrogens with zero attached hydrogens (tertiary/aromatic N) is 3. The van der Waals surface area contributed by atoms with Crippen LogP contribution in [0.1, 0.15) is 5.56 Å². The largest absolute Gasteiger partial charge is 0.379 e. The summed E-state index contributed by atoms with van der Waals surface area (Å²) in [6, 6.07) is 12.0. The first kappa shape index (κ1) is 16.9. The number of morpholine rings is 1. The molecular formula is C19H17BrClN3O. The fourth-order valence-corrected chi connectivity index (χ4v) is 3.46. The Labute approximate surface area is 159 Å². The SMILES string of the molecule is Clc1ccc2c(CN3CCOCC3)cc(-c3ccc(Br)cn3)nc2c1. The molecule has 0 spiro atoms. The van der Waals surface area contributed by atoms with Crippen LogP contribution in [-0.4, -0.2) is 41.2 Å². The molecule has 1 aromatic carbocycles. The molecule has 2 aromatic heterocycles. The Morgan fingerprint density at radius 2 is 1.92 bits per heavy atom. The maximum Gasteiger partial charge on any atom is 0.0897 e. The second-order valence-electron chi connectivity index (χ2n) is 6.08. The third-order valence-corrected chi connectivity index (χ3v) is 5.05. The molecule has 25 heavy (non-hydrogen) atoms. The number of fused-ring (bicyclic) bond motifs is 1. The van der Waals surface area contributed by atoms with Crippen molar-refractivity contribution < 1.29 is 4.74 Å². The van der Waals surface area contributed by atoms with Gasteiger partial charge in [0.2, 0.25) is 0 Å². The number of hydrogen-bond acceptors (Lipinski definition) is 4. The summed E-state index contributed by atoms with van der Waals surface area (Å²) >= 11 is 9.62. The Morgan fingerprint density at radius 1 is 1.08 bits per heavy atom. The second-order valence-corrected chi connectivity index (χ2v) is 7.43. The van der Waals surface area contributed by atoms with Gasteiger partial charge in [-0.1, -0.05) is 17.7 Å². The normalized spacial score (nSPS) is 15.6. The van der Waals surface area contributed by atoms with Crippen LogP contribution in [0.25, 0.3) is 22.3 Å². The topological polar surface area (TPSA) is 38.2 Å².